The Morgan fingerprint density at radius 3 is 1.44 bits per heavy atom. The second-order valence-corrected chi connectivity index (χ2v) is 5.26. The van der Waals surface area contributed by atoms with Crippen molar-refractivity contribution in [1.82, 2.24) is 0 Å². The summed E-state index contributed by atoms with van der Waals surface area (Å²) in [6.07, 6.45) is 15.9. The zero-order chi connectivity index (χ0) is 13.9. The van der Waals surface area contributed by atoms with E-state index in [1.807, 2.05) is 13.0 Å². The Morgan fingerprint density at radius 1 is 0.722 bits per heavy atom. The fourth-order valence-electron chi connectivity index (χ4n) is 1.71. The average Bonchev–Trinajstić information content (AvgIpc) is 2.39. The van der Waals surface area contributed by atoms with Crippen molar-refractivity contribution in [2.45, 2.75) is 90.9 Å². The van der Waals surface area contributed by atoms with E-state index >= 15 is 0 Å². The van der Waals surface area contributed by atoms with Crippen LogP contribution in [0.25, 0.3) is 0 Å². The van der Waals surface area contributed by atoms with Gasteiger partial charge in [-0.1, -0.05) is 71.6 Å². The van der Waals surface area contributed by atoms with Gasteiger partial charge in [0, 0.05) is 6.42 Å². The normalized spacial score (nSPS) is 9.44. The third kappa shape index (κ3) is 24.9. The summed E-state index contributed by atoms with van der Waals surface area (Å²) < 4.78 is 0. The van der Waals surface area contributed by atoms with Gasteiger partial charge in [0.25, 0.3) is 0 Å². The number of thiol groups is 1. The monoisotopic (exact) mass is 271 g/mol. The van der Waals surface area contributed by atoms with E-state index in [9.17, 15) is 0 Å². The third-order valence-electron chi connectivity index (χ3n) is 2.87. The van der Waals surface area contributed by atoms with Gasteiger partial charge in [-0.2, -0.15) is 17.9 Å². The molecule has 0 saturated heterocycles. The summed E-state index contributed by atoms with van der Waals surface area (Å²) in [7, 11) is 0. The van der Waals surface area contributed by atoms with E-state index in [0.717, 1.165) is 12.2 Å². The zero-order valence-corrected chi connectivity index (χ0v) is 13.5. The van der Waals surface area contributed by atoms with Gasteiger partial charge in [-0.05, 0) is 18.6 Å². The number of nitriles is 1. The molecule has 0 aromatic heterocycles. The maximum Gasteiger partial charge on any atom is 0.0621 e. The Hall–Kier alpha value is -0.160. The van der Waals surface area contributed by atoms with Gasteiger partial charge in [0.1, 0.15) is 0 Å². The first-order valence-electron chi connectivity index (χ1n) is 7.81. The van der Waals surface area contributed by atoms with E-state index in [1.54, 1.807) is 0 Å². The molecule has 0 aliphatic heterocycles. The highest BCUT2D eigenvalue weighted by Gasteiger charge is 1.91. The molecule has 0 spiro atoms. The van der Waals surface area contributed by atoms with Crippen LogP contribution in [-0.2, 0) is 0 Å². The molecule has 1 nitrogen and oxygen atoms in total. The molecule has 0 aliphatic rings. The largest absolute Gasteiger partial charge is 0.198 e. The first-order chi connectivity index (χ1) is 8.83. The second-order valence-electron chi connectivity index (χ2n) is 4.81. The Kier molecular flexibility index (Phi) is 24.7. The first kappa shape index (κ1) is 20.2. The van der Waals surface area contributed by atoms with Crippen LogP contribution < -0.4 is 0 Å². The highest BCUT2D eigenvalue weighted by Crippen LogP contribution is 2.10. The van der Waals surface area contributed by atoms with E-state index in [4.69, 9.17) is 5.26 Å². The molecule has 0 aromatic rings. The van der Waals surface area contributed by atoms with Gasteiger partial charge in [0.05, 0.1) is 6.07 Å². The van der Waals surface area contributed by atoms with Crippen LogP contribution in [0.2, 0.25) is 0 Å². The van der Waals surface area contributed by atoms with Crippen LogP contribution >= 0.6 is 12.6 Å². The summed E-state index contributed by atoms with van der Waals surface area (Å²) in [5.41, 5.74) is 0. The van der Waals surface area contributed by atoms with Crippen LogP contribution in [-0.4, -0.2) is 5.75 Å². The minimum absolute atomic E-state index is 0.694. The van der Waals surface area contributed by atoms with Crippen molar-refractivity contribution in [3.63, 3.8) is 0 Å². The molecule has 0 atom stereocenters. The molecule has 0 fully saturated rings. The first-order valence-corrected chi connectivity index (χ1v) is 8.44. The molecule has 0 bridgehead atoms. The summed E-state index contributed by atoms with van der Waals surface area (Å²) in [6, 6.07) is 2.02. The van der Waals surface area contributed by atoms with E-state index in [-0.39, 0.29) is 0 Å². The molecule has 0 rings (SSSR count). The molecule has 2 heteroatoms. The zero-order valence-electron chi connectivity index (χ0n) is 12.6. The molecular weight excluding hydrogens is 238 g/mol. The van der Waals surface area contributed by atoms with Crippen molar-refractivity contribution in [3.8, 4) is 6.07 Å². The number of hydrogen-bond acceptors (Lipinski definition) is 2. The second kappa shape index (κ2) is 22.1. The summed E-state index contributed by atoms with van der Waals surface area (Å²) >= 11 is 4.20. The Balaban J connectivity index is 0. The summed E-state index contributed by atoms with van der Waals surface area (Å²) in [4.78, 5) is 0. The lowest BCUT2D eigenvalue weighted by molar-refractivity contribution is 0.563. The van der Waals surface area contributed by atoms with Crippen LogP contribution in [0.4, 0.5) is 0 Å². The molecular formula is C16H33NS. The van der Waals surface area contributed by atoms with Gasteiger partial charge in [-0.15, -0.1) is 0 Å². The molecule has 0 unspecified atom stereocenters. The average molecular weight is 272 g/mol. The number of unbranched alkanes of at least 4 members (excludes halogenated alkanes) is 10. The molecule has 0 amide bonds. The molecule has 0 saturated carbocycles. The Bertz CT molecular complexity index is 153. The molecule has 18 heavy (non-hydrogen) atoms. The van der Waals surface area contributed by atoms with Crippen molar-refractivity contribution < 1.29 is 0 Å². The summed E-state index contributed by atoms with van der Waals surface area (Å²) in [5, 5.41) is 7.82. The van der Waals surface area contributed by atoms with Crippen molar-refractivity contribution in [2.24, 2.45) is 0 Å². The number of nitrogens with zero attached hydrogens (tertiary/aromatic N) is 1. The van der Waals surface area contributed by atoms with E-state index < -0.39 is 0 Å². The lowest BCUT2D eigenvalue weighted by atomic mass is 10.1. The van der Waals surface area contributed by atoms with E-state index in [1.165, 1.54) is 64.2 Å². The predicted octanol–water partition coefficient (Wildman–Crippen LogP) is 6.15. The molecule has 0 aromatic carbocycles. The molecule has 0 radical (unpaired) electrons. The number of hydrogen-bond donors (Lipinski definition) is 1. The lowest BCUT2D eigenvalue weighted by Crippen LogP contribution is -1.81. The molecule has 0 N–H and O–H groups in total. The Morgan fingerprint density at radius 2 is 1.17 bits per heavy atom. The Labute approximate surface area is 121 Å². The minimum Gasteiger partial charge on any atom is -0.198 e. The van der Waals surface area contributed by atoms with Crippen molar-refractivity contribution in [3.05, 3.63) is 0 Å². The summed E-state index contributed by atoms with van der Waals surface area (Å²) in [5.74, 6) is 1.07. The van der Waals surface area contributed by atoms with Crippen molar-refractivity contribution in [2.75, 3.05) is 5.75 Å². The van der Waals surface area contributed by atoms with Crippen molar-refractivity contribution >= 4 is 12.6 Å². The minimum atomic E-state index is 0.694. The molecule has 0 heterocycles. The molecule has 108 valence electrons. The fourth-order valence-corrected chi connectivity index (χ4v) is 1.93. The highest BCUT2D eigenvalue weighted by molar-refractivity contribution is 7.80. The van der Waals surface area contributed by atoms with Crippen LogP contribution in [0.1, 0.15) is 90.9 Å². The highest BCUT2D eigenvalue weighted by atomic mass is 32.1. The van der Waals surface area contributed by atoms with E-state index in [2.05, 4.69) is 19.6 Å². The standard InChI is InChI=1S/C12H26S.C4H7N/c1-2-3-4-5-6-7-8-9-10-11-12-13;1-2-3-4-5/h13H,2-12H2,1H3;2-3H2,1H3. The quantitative estimate of drug-likeness (QED) is 0.354. The number of rotatable bonds is 11. The van der Waals surface area contributed by atoms with Gasteiger partial charge >= 0.3 is 0 Å². The van der Waals surface area contributed by atoms with Crippen LogP contribution in [0.15, 0.2) is 0 Å². The van der Waals surface area contributed by atoms with Crippen LogP contribution in [0.3, 0.4) is 0 Å². The summed E-state index contributed by atoms with van der Waals surface area (Å²) in [6.45, 7) is 4.26. The maximum atomic E-state index is 7.82. The van der Waals surface area contributed by atoms with Crippen molar-refractivity contribution in [1.29, 1.82) is 5.26 Å². The third-order valence-corrected chi connectivity index (χ3v) is 3.19. The van der Waals surface area contributed by atoms with Crippen LogP contribution in [0, 0.1) is 11.3 Å². The topological polar surface area (TPSA) is 23.8 Å². The SMILES string of the molecule is CCCC#N.CCCCCCCCCCCCS. The van der Waals surface area contributed by atoms with E-state index in [0.29, 0.717) is 6.42 Å². The fraction of sp³-hybridized carbons (Fsp3) is 0.938. The van der Waals surface area contributed by atoms with Gasteiger partial charge in [-0.3, -0.25) is 0 Å². The smallest absolute Gasteiger partial charge is 0.0621 e. The lowest BCUT2D eigenvalue weighted by Gasteiger charge is -2.00. The van der Waals surface area contributed by atoms with Gasteiger partial charge in [0.15, 0.2) is 0 Å². The van der Waals surface area contributed by atoms with Crippen LogP contribution in [0.5, 0.6) is 0 Å². The van der Waals surface area contributed by atoms with Gasteiger partial charge < -0.3 is 0 Å². The van der Waals surface area contributed by atoms with Gasteiger partial charge in [-0.25, -0.2) is 0 Å². The predicted molar refractivity (Wildman–Crippen MR) is 86.2 cm³/mol. The van der Waals surface area contributed by atoms with Gasteiger partial charge in [0.2, 0.25) is 0 Å². The molecule has 0 aliphatic carbocycles. The maximum absolute atomic E-state index is 7.82.